The standard InChI is InChI=1S/C64H42N2/c1-3-18-53-47(14-1)41-61(57-22-7-5-20-55(53)57)44-30-36-50(37-31-44)65(51-38-32-45(33-39-51)62-42-48-15-2-4-19-54(48)56-21-6-8-23-58(56)62)49-34-28-43(29-35-49)46-16-13-17-52(40-46)66-63-26-11-9-24-59(63)60-25-10-12-27-64(60)66/h1-42H/i28D,29D,30D,31D,32D,33D,34D,35D,36D,37D,38D,39D. The highest BCUT2D eigenvalue weighted by molar-refractivity contribution is 6.15. The van der Waals surface area contributed by atoms with Crippen LogP contribution >= 0.6 is 0 Å². The zero-order chi connectivity index (χ0) is 54.0. The molecule has 13 rings (SSSR count). The molecule has 2 nitrogen and oxygen atoms in total. The smallest absolute Gasteiger partial charge is 0.0645 e. The summed E-state index contributed by atoms with van der Waals surface area (Å²) in [6.45, 7) is 0. The van der Waals surface area contributed by atoms with Gasteiger partial charge in [-0.3, -0.25) is 0 Å². The molecule has 0 radical (unpaired) electrons. The van der Waals surface area contributed by atoms with Gasteiger partial charge in [0.25, 0.3) is 0 Å². The van der Waals surface area contributed by atoms with Gasteiger partial charge in [-0.1, -0.05) is 182 Å². The van der Waals surface area contributed by atoms with E-state index >= 15 is 0 Å². The molecule has 0 fully saturated rings. The van der Waals surface area contributed by atoms with Gasteiger partial charge in [0.1, 0.15) is 0 Å². The molecular weight excluding hydrogens is 797 g/mol. The lowest BCUT2D eigenvalue weighted by Gasteiger charge is -2.26. The van der Waals surface area contributed by atoms with Crippen LogP contribution in [0.3, 0.4) is 0 Å². The van der Waals surface area contributed by atoms with E-state index in [0.717, 1.165) is 59.0 Å². The number of hydrogen-bond acceptors (Lipinski definition) is 1. The normalized spacial score (nSPS) is 14.2. The SMILES string of the molecule is [2H]c1c([2H])c(N(c2c([2H])c([2H])c(-c3cc4ccccc4c4ccccc34)c([2H])c2[2H])c2c([2H])c([2H])c(-c3cc4ccccc4c4ccccc34)c([2H])c2[2H])c([2H])c([2H])c1-c1cccc(-n2c3ccccc3c3ccccc32)c1. The van der Waals surface area contributed by atoms with E-state index in [9.17, 15) is 16.4 Å². The number of fused-ring (bicyclic) bond motifs is 9. The third-order valence-electron chi connectivity index (χ3n) is 12.6. The molecule has 1 aromatic heterocycles. The van der Waals surface area contributed by atoms with Crippen LogP contribution in [-0.4, -0.2) is 4.57 Å². The Bertz CT molecular complexity index is 4410. The lowest BCUT2D eigenvalue weighted by atomic mass is 9.93. The monoisotopic (exact) mass is 850 g/mol. The second-order valence-electron chi connectivity index (χ2n) is 16.3. The van der Waals surface area contributed by atoms with Crippen LogP contribution in [-0.2, 0) is 0 Å². The predicted molar refractivity (Wildman–Crippen MR) is 282 cm³/mol. The fourth-order valence-electron chi connectivity index (χ4n) is 9.53. The van der Waals surface area contributed by atoms with Gasteiger partial charge in [0.05, 0.1) is 27.5 Å². The van der Waals surface area contributed by atoms with Crippen LogP contribution in [0, 0.1) is 0 Å². The van der Waals surface area contributed by atoms with Gasteiger partial charge in [-0.2, -0.15) is 0 Å². The molecule has 1 heterocycles. The number of nitrogens with zero attached hydrogens (tertiary/aromatic N) is 2. The molecule has 0 aliphatic heterocycles. The zero-order valence-electron chi connectivity index (χ0n) is 47.2. The van der Waals surface area contributed by atoms with Gasteiger partial charge >= 0.3 is 0 Å². The van der Waals surface area contributed by atoms with Crippen molar-refractivity contribution in [1.82, 2.24) is 4.57 Å². The van der Waals surface area contributed by atoms with E-state index in [0.29, 0.717) is 33.2 Å². The molecule has 0 saturated carbocycles. The summed E-state index contributed by atoms with van der Waals surface area (Å²) in [5, 5.41) is 8.43. The van der Waals surface area contributed by atoms with Crippen molar-refractivity contribution in [3.63, 3.8) is 0 Å². The maximum Gasteiger partial charge on any atom is 0.0645 e. The Hall–Kier alpha value is -8.72. The minimum Gasteiger partial charge on any atom is -0.311 e. The Balaban J connectivity index is 1.08. The molecule has 2 heteroatoms. The summed E-state index contributed by atoms with van der Waals surface area (Å²) in [4.78, 5) is 0.880. The van der Waals surface area contributed by atoms with E-state index in [1.807, 2.05) is 164 Å². The summed E-state index contributed by atoms with van der Waals surface area (Å²) in [6.07, 6.45) is 0. The molecule has 0 bridgehead atoms. The van der Waals surface area contributed by atoms with E-state index < -0.39 is 89.6 Å². The molecule has 0 aliphatic rings. The first-order valence-electron chi connectivity index (χ1n) is 27.8. The fraction of sp³-hybridized carbons (Fsp3) is 0. The van der Waals surface area contributed by atoms with Crippen molar-refractivity contribution in [2.24, 2.45) is 0 Å². The predicted octanol–water partition coefficient (Wildman–Crippen LogP) is 17.9. The molecule has 13 aromatic rings. The van der Waals surface area contributed by atoms with Gasteiger partial charge in [-0.25, -0.2) is 0 Å². The number of para-hydroxylation sites is 2. The maximum absolute atomic E-state index is 9.88. The average Bonchev–Trinajstić information content (AvgIpc) is 3.88. The van der Waals surface area contributed by atoms with E-state index in [4.69, 9.17) is 0 Å². The van der Waals surface area contributed by atoms with Gasteiger partial charge in [0.2, 0.25) is 0 Å². The van der Waals surface area contributed by atoms with Gasteiger partial charge in [-0.15, -0.1) is 0 Å². The maximum atomic E-state index is 9.88. The van der Waals surface area contributed by atoms with Crippen LogP contribution in [0.5, 0.6) is 0 Å². The minimum atomic E-state index is -0.684. The Morgan fingerprint density at radius 3 is 1.14 bits per heavy atom. The van der Waals surface area contributed by atoms with E-state index in [1.165, 1.54) is 0 Å². The van der Waals surface area contributed by atoms with Crippen LogP contribution in [0.4, 0.5) is 17.1 Å². The Morgan fingerprint density at radius 2 is 0.667 bits per heavy atom. The van der Waals surface area contributed by atoms with Gasteiger partial charge in [0.15, 0.2) is 0 Å². The van der Waals surface area contributed by atoms with E-state index in [-0.39, 0.29) is 16.7 Å². The summed E-state index contributed by atoms with van der Waals surface area (Å²) >= 11 is 0. The van der Waals surface area contributed by atoms with Gasteiger partial charge < -0.3 is 9.47 Å². The van der Waals surface area contributed by atoms with Crippen molar-refractivity contribution in [3.05, 3.63) is 255 Å². The summed E-state index contributed by atoms with van der Waals surface area (Å²) in [6, 6.07) is 49.8. The minimum absolute atomic E-state index is 0.0493. The molecular formula is C64H42N2. The highest BCUT2D eigenvalue weighted by Crippen LogP contribution is 2.42. The molecule has 0 aliphatic carbocycles. The van der Waals surface area contributed by atoms with Crippen molar-refractivity contribution in [3.8, 4) is 39.1 Å². The third-order valence-corrected chi connectivity index (χ3v) is 12.6. The summed E-state index contributed by atoms with van der Waals surface area (Å²) in [5.41, 5.74) is 1.74. The first-order valence-corrected chi connectivity index (χ1v) is 21.8. The second-order valence-corrected chi connectivity index (χ2v) is 16.3. The van der Waals surface area contributed by atoms with Crippen LogP contribution in [0.2, 0.25) is 0 Å². The molecule has 0 saturated heterocycles. The number of anilines is 3. The fourth-order valence-corrected chi connectivity index (χ4v) is 9.53. The Labute approximate surface area is 400 Å². The van der Waals surface area contributed by atoms with Gasteiger partial charge in [-0.05, 0) is 149 Å². The lowest BCUT2D eigenvalue weighted by molar-refractivity contribution is 1.18. The number of benzene rings is 12. The van der Waals surface area contributed by atoms with Crippen molar-refractivity contribution < 1.29 is 16.4 Å². The molecule has 66 heavy (non-hydrogen) atoms. The van der Waals surface area contributed by atoms with Gasteiger partial charge in [0, 0.05) is 33.5 Å². The largest absolute Gasteiger partial charge is 0.311 e. The first-order chi connectivity index (χ1) is 37.8. The molecule has 308 valence electrons. The summed E-state index contributed by atoms with van der Waals surface area (Å²) < 4.78 is 120. The number of aromatic nitrogens is 1. The van der Waals surface area contributed by atoms with Crippen molar-refractivity contribution in [2.75, 3.05) is 4.90 Å². The highest BCUT2D eigenvalue weighted by atomic mass is 15.1. The van der Waals surface area contributed by atoms with Crippen molar-refractivity contribution in [2.45, 2.75) is 0 Å². The lowest BCUT2D eigenvalue weighted by Crippen LogP contribution is -2.09. The molecule has 0 atom stereocenters. The molecule has 0 unspecified atom stereocenters. The molecule has 0 N–H and O–H groups in total. The van der Waals surface area contributed by atoms with E-state index in [1.54, 1.807) is 18.2 Å². The summed E-state index contributed by atoms with van der Waals surface area (Å²) in [7, 11) is 0. The Morgan fingerprint density at radius 1 is 0.288 bits per heavy atom. The van der Waals surface area contributed by atoms with Crippen LogP contribution < -0.4 is 4.90 Å². The zero-order valence-corrected chi connectivity index (χ0v) is 35.2. The highest BCUT2D eigenvalue weighted by Gasteiger charge is 2.17. The third kappa shape index (κ3) is 6.26. The van der Waals surface area contributed by atoms with Crippen LogP contribution in [0.1, 0.15) is 16.4 Å². The topological polar surface area (TPSA) is 8.17 Å². The van der Waals surface area contributed by atoms with Crippen molar-refractivity contribution in [1.29, 1.82) is 0 Å². The average molecular weight is 851 g/mol. The molecule has 0 amide bonds. The van der Waals surface area contributed by atoms with Crippen LogP contribution in [0.25, 0.3) is 104 Å². The molecule has 12 aromatic carbocycles. The number of hydrogen-bond donors (Lipinski definition) is 0. The first kappa shape index (κ1) is 27.5. The van der Waals surface area contributed by atoms with E-state index in [2.05, 4.69) is 4.57 Å². The molecule has 0 spiro atoms. The number of rotatable bonds is 7. The van der Waals surface area contributed by atoms with Crippen molar-refractivity contribution >= 4 is 82.0 Å². The summed E-state index contributed by atoms with van der Waals surface area (Å²) in [5.74, 6) is 0. The second kappa shape index (κ2) is 15.5. The van der Waals surface area contributed by atoms with Crippen LogP contribution in [0.15, 0.2) is 255 Å². The Kier molecular flexibility index (Phi) is 6.46. The quantitative estimate of drug-likeness (QED) is 0.145.